The molecule has 0 aromatic carbocycles. The minimum atomic E-state index is -0.600. The summed E-state index contributed by atoms with van der Waals surface area (Å²) in [5.41, 5.74) is 0.714. The summed E-state index contributed by atoms with van der Waals surface area (Å²) < 4.78 is 4.76. The van der Waals surface area contributed by atoms with E-state index in [1.165, 1.54) is 0 Å². The summed E-state index contributed by atoms with van der Waals surface area (Å²) in [6.07, 6.45) is 0. The van der Waals surface area contributed by atoms with Crippen molar-refractivity contribution < 1.29 is 9.53 Å². The molecule has 0 fully saturated rings. The number of aryl methyl sites for hydroxylation is 1. The zero-order valence-corrected chi connectivity index (χ0v) is 8.38. The summed E-state index contributed by atoms with van der Waals surface area (Å²) >= 11 is 0. The molecule has 14 heavy (non-hydrogen) atoms. The molecule has 1 aromatic heterocycles. The molecule has 1 N–H and O–H groups in total. The van der Waals surface area contributed by atoms with Crippen LogP contribution in [0.2, 0.25) is 0 Å². The van der Waals surface area contributed by atoms with E-state index < -0.39 is 11.5 Å². The van der Waals surface area contributed by atoms with Crippen molar-refractivity contribution in [2.75, 3.05) is 6.61 Å². The van der Waals surface area contributed by atoms with Crippen molar-refractivity contribution in [1.82, 2.24) is 10.2 Å². The van der Waals surface area contributed by atoms with Gasteiger partial charge in [-0.05, 0) is 26.3 Å². The quantitative estimate of drug-likeness (QED) is 0.701. The van der Waals surface area contributed by atoms with E-state index >= 15 is 0 Å². The van der Waals surface area contributed by atoms with Crippen molar-refractivity contribution in [2.45, 2.75) is 20.8 Å². The number of hydrogen-bond acceptors (Lipinski definition) is 4. The predicted molar refractivity (Wildman–Crippen MR) is 50.3 cm³/mol. The Hall–Kier alpha value is -1.65. The van der Waals surface area contributed by atoms with Crippen LogP contribution in [-0.2, 0) is 4.74 Å². The predicted octanol–water partition coefficient (Wildman–Crippen LogP) is 0.563. The van der Waals surface area contributed by atoms with E-state index in [9.17, 15) is 9.59 Å². The van der Waals surface area contributed by atoms with Gasteiger partial charge in [-0.25, -0.2) is 9.89 Å². The number of carbonyl (C=O) groups excluding carboxylic acids is 1. The number of carbonyl (C=O) groups is 1. The van der Waals surface area contributed by atoms with Crippen LogP contribution in [0.3, 0.4) is 0 Å². The molecule has 0 saturated carbocycles. The molecule has 0 saturated heterocycles. The van der Waals surface area contributed by atoms with Gasteiger partial charge >= 0.3 is 5.97 Å². The molecule has 76 valence electrons. The number of rotatable bonds is 2. The second-order valence-electron chi connectivity index (χ2n) is 2.86. The van der Waals surface area contributed by atoms with Crippen LogP contribution < -0.4 is 5.56 Å². The van der Waals surface area contributed by atoms with Gasteiger partial charge in [0.15, 0.2) is 0 Å². The molecule has 0 amide bonds. The molecule has 0 bridgehead atoms. The van der Waals surface area contributed by atoms with E-state index in [1.807, 2.05) is 0 Å². The molecule has 0 radical (unpaired) electrons. The van der Waals surface area contributed by atoms with Gasteiger partial charge in [-0.15, -0.1) is 0 Å². The highest BCUT2D eigenvalue weighted by Crippen LogP contribution is 2.06. The van der Waals surface area contributed by atoms with Gasteiger partial charge in [0, 0.05) is 0 Å². The lowest BCUT2D eigenvalue weighted by Gasteiger charge is -2.05. The first-order chi connectivity index (χ1) is 6.57. The van der Waals surface area contributed by atoms with Gasteiger partial charge in [-0.2, -0.15) is 5.10 Å². The topological polar surface area (TPSA) is 72.0 Å². The number of hydrogen-bond donors (Lipinski definition) is 1. The van der Waals surface area contributed by atoms with Crippen molar-refractivity contribution >= 4 is 5.97 Å². The number of nitrogens with one attached hydrogen (secondary N) is 1. The molecule has 0 atom stereocenters. The lowest BCUT2D eigenvalue weighted by atomic mass is 10.1. The third kappa shape index (κ3) is 1.81. The highest BCUT2D eigenvalue weighted by Gasteiger charge is 2.16. The van der Waals surface area contributed by atoms with Crippen LogP contribution in [-0.4, -0.2) is 22.8 Å². The first-order valence-corrected chi connectivity index (χ1v) is 4.31. The Balaban J connectivity index is 3.26. The maximum absolute atomic E-state index is 11.4. The first-order valence-electron chi connectivity index (χ1n) is 4.31. The van der Waals surface area contributed by atoms with E-state index in [0.717, 1.165) is 0 Å². The van der Waals surface area contributed by atoms with Crippen LogP contribution in [0, 0.1) is 13.8 Å². The van der Waals surface area contributed by atoms with Crippen LogP contribution in [0.1, 0.15) is 28.5 Å². The largest absolute Gasteiger partial charge is 0.462 e. The summed E-state index contributed by atoms with van der Waals surface area (Å²) in [6, 6.07) is 0. The zero-order chi connectivity index (χ0) is 10.7. The molecule has 5 nitrogen and oxygen atoms in total. The fraction of sp³-hybridized carbons (Fsp3) is 0.444. The number of aromatic amines is 1. The molecule has 0 aliphatic rings. The maximum atomic E-state index is 11.4. The first kappa shape index (κ1) is 10.4. The van der Waals surface area contributed by atoms with Crippen LogP contribution >= 0.6 is 0 Å². The number of nitrogens with zero attached hydrogens (tertiary/aromatic N) is 1. The molecular formula is C9H12N2O3. The highest BCUT2D eigenvalue weighted by molar-refractivity contribution is 5.90. The lowest BCUT2D eigenvalue weighted by molar-refractivity contribution is 0.0523. The Kier molecular flexibility index (Phi) is 3.01. The summed E-state index contributed by atoms with van der Waals surface area (Å²) in [6.45, 7) is 5.33. The standard InChI is InChI=1S/C9H12N2O3/c1-4-14-9(13)7-5(2)6(3)10-11-8(7)12/h4H2,1-3H3,(H,11,12). The van der Waals surface area contributed by atoms with Gasteiger partial charge in [0.1, 0.15) is 5.56 Å². The maximum Gasteiger partial charge on any atom is 0.344 e. The van der Waals surface area contributed by atoms with E-state index in [-0.39, 0.29) is 12.2 Å². The third-order valence-corrected chi connectivity index (χ3v) is 1.95. The Morgan fingerprint density at radius 2 is 2.14 bits per heavy atom. The van der Waals surface area contributed by atoms with E-state index in [1.54, 1.807) is 20.8 Å². The Morgan fingerprint density at radius 1 is 1.50 bits per heavy atom. The fourth-order valence-corrected chi connectivity index (χ4v) is 1.07. The molecule has 0 unspecified atom stereocenters. The molecule has 1 rings (SSSR count). The van der Waals surface area contributed by atoms with Crippen molar-refractivity contribution in [1.29, 1.82) is 0 Å². The summed E-state index contributed by atoms with van der Waals surface area (Å²) in [5.74, 6) is -0.600. The molecule has 0 aliphatic heterocycles. The van der Waals surface area contributed by atoms with Crippen LogP contribution in [0.15, 0.2) is 4.79 Å². The van der Waals surface area contributed by atoms with E-state index in [2.05, 4.69) is 10.2 Å². The van der Waals surface area contributed by atoms with Gasteiger partial charge in [0.25, 0.3) is 5.56 Å². The monoisotopic (exact) mass is 196 g/mol. The Labute approximate surface area is 81.1 Å². The fourth-order valence-electron chi connectivity index (χ4n) is 1.07. The Bertz CT molecular complexity index is 409. The SMILES string of the molecule is CCOC(=O)c1c(C)c(C)n[nH]c1=O. The van der Waals surface area contributed by atoms with Crippen molar-refractivity contribution in [3.63, 3.8) is 0 Å². The average molecular weight is 196 g/mol. The van der Waals surface area contributed by atoms with Crippen LogP contribution in [0.5, 0.6) is 0 Å². The van der Waals surface area contributed by atoms with Gasteiger partial charge in [-0.3, -0.25) is 4.79 Å². The smallest absolute Gasteiger partial charge is 0.344 e. The normalized spacial score (nSPS) is 9.93. The summed E-state index contributed by atoms with van der Waals surface area (Å²) in [5, 5.41) is 5.98. The van der Waals surface area contributed by atoms with Gasteiger partial charge in [0.2, 0.25) is 0 Å². The second-order valence-corrected chi connectivity index (χ2v) is 2.86. The van der Waals surface area contributed by atoms with E-state index in [4.69, 9.17) is 4.74 Å². The molecule has 1 heterocycles. The number of esters is 1. The summed E-state index contributed by atoms with van der Waals surface area (Å²) in [4.78, 5) is 22.7. The van der Waals surface area contributed by atoms with Crippen molar-refractivity contribution in [3.8, 4) is 0 Å². The van der Waals surface area contributed by atoms with Gasteiger partial charge in [0.05, 0.1) is 12.3 Å². The van der Waals surface area contributed by atoms with E-state index in [0.29, 0.717) is 11.3 Å². The zero-order valence-electron chi connectivity index (χ0n) is 8.38. The minimum Gasteiger partial charge on any atom is -0.462 e. The van der Waals surface area contributed by atoms with Gasteiger partial charge in [-0.1, -0.05) is 0 Å². The molecule has 0 aliphatic carbocycles. The Morgan fingerprint density at radius 3 is 2.71 bits per heavy atom. The molecule has 0 spiro atoms. The van der Waals surface area contributed by atoms with Crippen LogP contribution in [0.25, 0.3) is 0 Å². The van der Waals surface area contributed by atoms with Gasteiger partial charge < -0.3 is 4.74 Å². The van der Waals surface area contributed by atoms with Crippen LogP contribution in [0.4, 0.5) is 0 Å². The molecule has 5 heteroatoms. The number of ether oxygens (including phenoxy) is 1. The second kappa shape index (κ2) is 4.04. The molecular weight excluding hydrogens is 184 g/mol. The minimum absolute atomic E-state index is 0.0411. The molecule has 1 aromatic rings. The number of H-pyrrole nitrogens is 1. The summed E-state index contributed by atoms with van der Waals surface area (Å²) in [7, 11) is 0. The lowest BCUT2D eigenvalue weighted by Crippen LogP contribution is -2.23. The highest BCUT2D eigenvalue weighted by atomic mass is 16.5. The third-order valence-electron chi connectivity index (χ3n) is 1.95. The van der Waals surface area contributed by atoms with Crippen molar-refractivity contribution in [2.24, 2.45) is 0 Å². The van der Waals surface area contributed by atoms with Crippen molar-refractivity contribution in [3.05, 3.63) is 27.2 Å². The average Bonchev–Trinajstić information content (AvgIpc) is 2.13. The number of aromatic nitrogens is 2.